The quantitative estimate of drug-likeness (QED) is 0.776. The van der Waals surface area contributed by atoms with E-state index in [-0.39, 0.29) is 25.2 Å². The molecule has 1 heterocycles. The molecule has 1 aromatic rings. The van der Waals surface area contributed by atoms with Gasteiger partial charge in [-0.2, -0.15) is 0 Å². The van der Waals surface area contributed by atoms with Gasteiger partial charge in [0, 0.05) is 0 Å². The van der Waals surface area contributed by atoms with Crippen molar-refractivity contribution in [2.75, 3.05) is 0 Å². The van der Waals surface area contributed by atoms with Gasteiger partial charge in [0.1, 0.15) is 4.90 Å². The van der Waals surface area contributed by atoms with Crippen LogP contribution in [0.2, 0.25) is 20.4 Å². The summed E-state index contributed by atoms with van der Waals surface area (Å²) in [5.74, 6) is 0. The van der Waals surface area contributed by atoms with Gasteiger partial charge in [-0.25, -0.2) is 13.4 Å². The number of hydrogen-bond donors (Lipinski definition) is 0. The van der Waals surface area contributed by atoms with Gasteiger partial charge in [-0.1, -0.05) is 46.4 Å². The van der Waals surface area contributed by atoms with Crippen LogP contribution in [0.4, 0.5) is 0 Å². The molecule has 0 unspecified atom stereocenters. The Morgan fingerprint density at radius 2 is 1.38 bits per heavy atom. The van der Waals surface area contributed by atoms with E-state index in [4.69, 9.17) is 46.4 Å². The largest absolute Gasteiger partial charge is 0.223 e. The smallest absolute Gasteiger partial charge is 0.183 e. The Labute approximate surface area is 114 Å². The van der Waals surface area contributed by atoms with Crippen molar-refractivity contribution in [3.8, 4) is 0 Å². The van der Waals surface area contributed by atoms with Gasteiger partial charge in [0.15, 0.2) is 20.1 Å². The highest BCUT2D eigenvalue weighted by atomic mass is 35.5. The van der Waals surface area contributed by atoms with Crippen molar-refractivity contribution >= 4 is 56.2 Å². The van der Waals surface area contributed by atoms with E-state index in [1.165, 1.54) is 13.8 Å². The van der Waals surface area contributed by atoms with E-state index in [0.29, 0.717) is 0 Å². The standard InChI is InChI=1S/C8H7Cl4NO2S/c1-3(2)16(14,15)6-4(9)7(11)13-8(12)5(6)10/h3H,1-2H3. The molecule has 1 rings (SSSR count). The van der Waals surface area contributed by atoms with Gasteiger partial charge in [-0.05, 0) is 13.8 Å². The molecule has 1 aromatic heterocycles. The molecule has 0 aliphatic heterocycles. The molecule has 90 valence electrons. The third-order valence-electron chi connectivity index (χ3n) is 1.86. The molecule has 0 spiro atoms. The molecule has 0 aliphatic rings. The zero-order chi connectivity index (χ0) is 12.7. The fourth-order valence-electron chi connectivity index (χ4n) is 0.954. The van der Waals surface area contributed by atoms with E-state index >= 15 is 0 Å². The number of halogens is 4. The van der Waals surface area contributed by atoms with E-state index in [9.17, 15) is 8.42 Å². The van der Waals surface area contributed by atoms with Gasteiger partial charge >= 0.3 is 0 Å². The summed E-state index contributed by atoms with van der Waals surface area (Å²) in [6.07, 6.45) is 0. The Morgan fingerprint density at radius 1 is 1.00 bits per heavy atom. The highest BCUT2D eigenvalue weighted by Crippen LogP contribution is 2.39. The van der Waals surface area contributed by atoms with Crippen LogP contribution in [0.1, 0.15) is 13.8 Å². The van der Waals surface area contributed by atoms with Crippen LogP contribution in [0.3, 0.4) is 0 Å². The molecular weight excluding hydrogens is 316 g/mol. The normalized spacial score (nSPS) is 12.2. The van der Waals surface area contributed by atoms with Crippen LogP contribution in [0, 0.1) is 0 Å². The van der Waals surface area contributed by atoms with Crippen molar-refractivity contribution in [2.24, 2.45) is 0 Å². The topological polar surface area (TPSA) is 47.0 Å². The number of rotatable bonds is 2. The molecule has 0 saturated carbocycles. The maximum Gasteiger partial charge on any atom is 0.183 e. The molecule has 0 fully saturated rings. The average Bonchev–Trinajstić information content (AvgIpc) is 2.14. The van der Waals surface area contributed by atoms with Crippen LogP contribution in [0.25, 0.3) is 0 Å². The molecule has 0 aliphatic carbocycles. The van der Waals surface area contributed by atoms with E-state index in [1.807, 2.05) is 0 Å². The second-order valence-corrected chi connectivity index (χ2v) is 7.16. The Balaban J connectivity index is 3.70. The molecule has 3 nitrogen and oxygen atoms in total. The molecule has 0 bridgehead atoms. The van der Waals surface area contributed by atoms with E-state index in [2.05, 4.69) is 4.98 Å². The van der Waals surface area contributed by atoms with Gasteiger partial charge in [-0.3, -0.25) is 0 Å². The average molecular weight is 323 g/mol. The summed E-state index contributed by atoms with van der Waals surface area (Å²) in [5.41, 5.74) is 0. The minimum atomic E-state index is -3.66. The summed E-state index contributed by atoms with van der Waals surface area (Å²) < 4.78 is 23.9. The molecule has 0 N–H and O–H groups in total. The van der Waals surface area contributed by atoms with Gasteiger partial charge in [0.05, 0.1) is 15.3 Å². The lowest BCUT2D eigenvalue weighted by Crippen LogP contribution is -2.15. The predicted octanol–water partition coefficient (Wildman–Crippen LogP) is 3.88. The minimum absolute atomic E-state index is 0.185. The maximum absolute atomic E-state index is 12.0. The first-order valence-electron chi connectivity index (χ1n) is 4.13. The SMILES string of the molecule is CC(C)S(=O)(=O)c1c(Cl)c(Cl)nc(Cl)c1Cl. The molecule has 8 heteroatoms. The van der Waals surface area contributed by atoms with Crippen LogP contribution in [0.5, 0.6) is 0 Å². The number of pyridine rings is 1. The number of nitrogens with zero attached hydrogens (tertiary/aromatic N) is 1. The molecule has 16 heavy (non-hydrogen) atoms. The van der Waals surface area contributed by atoms with Gasteiger partial charge in [-0.15, -0.1) is 0 Å². The maximum atomic E-state index is 12.0. The number of sulfone groups is 1. The van der Waals surface area contributed by atoms with Crippen LogP contribution in [0.15, 0.2) is 4.90 Å². The highest BCUT2D eigenvalue weighted by Gasteiger charge is 2.29. The first-order valence-corrected chi connectivity index (χ1v) is 7.19. The van der Waals surface area contributed by atoms with E-state index in [1.54, 1.807) is 0 Å². The summed E-state index contributed by atoms with van der Waals surface area (Å²) in [6, 6.07) is 0. The molecule has 0 atom stereocenters. The summed E-state index contributed by atoms with van der Waals surface area (Å²) >= 11 is 22.9. The lowest BCUT2D eigenvalue weighted by molar-refractivity contribution is 0.587. The van der Waals surface area contributed by atoms with E-state index < -0.39 is 15.1 Å². The summed E-state index contributed by atoms with van der Waals surface area (Å²) in [7, 11) is -3.66. The second kappa shape index (κ2) is 4.86. The monoisotopic (exact) mass is 321 g/mol. The molecule has 0 amide bonds. The number of hydrogen-bond acceptors (Lipinski definition) is 3. The van der Waals surface area contributed by atoms with Crippen molar-refractivity contribution in [3.63, 3.8) is 0 Å². The van der Waals surface area contributed by atoms with Crippen LogP contribution >= 0.6 is 46.4 Å². The molecular formula is C8H7Cl4NO2S. The van der Waals surface area contributed by atoms with Gasteiger partial charge in [0.2, 0.25) is 0 Å². The first-order chi connectivity index (χ1) is 7.19. The second-order valence-electron chi connectivity index (χ2n) is 3.24. The minimum Gasteiger partial charge on any atom is -0.223 e. The summed E-state index contributed by atoms with van der Waals surface area (Å²) in [4.78, 5) is 3.34. The first kappa shape index (κ1) is 14.3. The van der Waals surface area contributed by atoms with Crippen molar-refractivity contribution in [1.29, 1.82) is 0 Å². The third-order valence-corrected chi connectivity index (χ3v) is 5.78. The highest BCUT2D eigenvalue weighted by molar-refractivity contribution is 7.92. The van der Waals surface area contributed by atoms with Crippen LogP contribution in [-0.4, -0.2) is 18.7 Å². The van der Waals surface area contributed by atoms with Gasteiger partial charge < -0.3 is 0 Å². The van der Waals surface area contributed by atoms with Crippen molar-refractivity contribution < 1.29 is 8.42 Å². The summed E-state index contributed by atoms with van der Waals surface area (Å²) in [5, 5.41) is -1.46. The lowest BCUT2D eigenvalue weighted by Gasteiger charge is -2.12. The predicted molar refractivity (Wildman–Crippen MR) is 66.6 cm³/mol. The Bertz CT molecular complexity index is 501. The van der Waals surface area contributed by atoms with Gasteiger partial charge in [0.25, 0.3) is 0 Å². The number of aromatic nitrogens is 1. The van der Waals surface area contributed by atoms with Crippen LogP contribution in [-0.2, 0) is 9.84 Å². The molecule has 0 aromatic carbocycles. The Kier molecular flexibility index (Phi) is 4.35. The van der Waals surface area contributed by atoms with Crippen molar-refractivity contribution in [1.82, 2.24) is 4.98 Å². The zero-order valence-corrected chi connectivity index (χ0v) is 12.1. The Morgan fingerprint density at radius 3 is 1.69 bits per heavy atom. The van der Waals surface area contributed by atoms with Crippen molar-refractivity contribution in [3.05, 3.63) is 20.4 Å². The molecule has 0 radical (unpaired) electrons. The Hall–Kier alpha value is 0.260. The van der Waals surface area contributed by atoms with Crippen LogP contribution < -0.4 is 0 Å². The third kappa shape index (κ3) is 2.41. The van der Waals surface area contributed by atoms with Crippen molar-refractivity contribution in [2.45, 2.75) is 24.0 Å². The zero-order valence-electron chi connectivity index (χ0n) is 8.26. The lowest BCUT2D eigenvalue weighted by atomic mass is 10.5. The molecule has 0 saturated heterocycles. The fraction of sp³-hybridized carbons (Fsp3) is 0.375. The summed E-state index contributed by atoms with van der Waals surface area (Å²) in [6.45, 7) is 3.01. The fourth-order valence-corrected chi connectivity index (χ4v) is 3.60. The van der Waals surface area contributed by atoms with E-state index in [0.717, 1.165) is 0 Å².